The molecule has 0 aliphatic carbocycles. The first kappa shape index (κ1) is 23.3. The number of amides is 2. The third-order valence-corrected chi connectivity index (χ3v) is 7.18. The maximum absolute atomic E-state index is 13.5. The monoisotopic (exact) mass is 467 g/mol. The van der Waals surface area contributed by atoms with E-state index in [1.54, 1.807) is 0 Å². The van der Waals surface area contributed by atoms with Gasteiger partial charge in [0.25, 0.3) is 5.91 Å². The Morgan fingerprint density at radius 1 is 1.00 bits per heavy atom. The van der Waals surface area contributed by atoms with Crippen molar-refractivity contribution in [1.82, 2.24) is 0 Å². The lowest BCUT2D eigenvalue weighted by molar-refractivity contribution is -0.117. The maximum atomic E-state index is 13.5. The van der Waals surface area contributed by atoms with Gasteiger partial charge in [0.2, 0.25) is 5.91 Å². The topological polar surface area (TPSA) is 73.2 Å². The Kier molecular flexibility index (Phi) is 6.85. The van der Waals surface area contributed by atoms with Crippen molar-refractivity contribution in [3.63, 3.8) is 0 Å². The minimum Gasteiger partial charge on any atom is -0.321 e. The lowest BCUT2D eigenvalue weighted by atomic mass is 10.1. The number of nitriles is 1. The Hall–Kier alpha value is -3.82. The Morgan fingerprint density at radius 2 is 1.71 bits per heavy atom. The summed E-state index contributed by atoms with van der Waals surface area (Å²) in [6, 6.07) is 24.9. The van der Waals surface area contributed by atoms with Crippen LogP contribution in [-0.2, 0) is 16.0 Å². The maximum Gasteiger partial charge on any atom is 0.269 e. The van der Waals surface area contributed by atoms with Crippen LogP contribution in [0.3, 0.4) is 0 Å². The zero-order valence-electron chi connectivity index (χ0n) is 19.3. The van der Waals surface area contributed by atoms with E-state index in [4.69, 9.17) is 0 Å². The molecule has 1 N–H and O–H groups in total. The fourth-order valence-electron chi connectivity index (χ4n) is 3.81. The van der Waals surface area contributed by atoms with Gasteiger partial charge in [0.15, 0.2) is 0 Å². The zero-order valence-corrected chi connectivity index (χ0v) is 20.1. The average molecular weight is 468 g/mol. The molecule has 0 saturated carbocycles. The number of anilines is 2. The number of rotatable bonds is 5. The van der Waals surface area contributed by atoms with Gasteiger partial charge < -0.3 is 5.32 Å². The summed E-state index contributed by atoms with van der Waals surface area (Å²) >= 11 is 1.27. The number of benzene rings is 3. The van der Waals surface area contributed by atoms with Crippen molar-refractivity contribution in [1.29, 1.82) is 5.26 Å². The first-order valence-electron chi connectivity index (χ1n) is 11.0. The molecular formula is C28H25N3O2S. The van der Waals surface area contributed by atoms with E-state index in [1.165, 1.54) is 16.7 Å². The fraction of sp³-hybridized carbons (Fsp3) is 0.179. The molecule has 0 spiro atoms. The third kappa shape index (κ3) is 4.75. The van der Waals surface area contributed by atoms with Crippen LogP contribution in [0.2, 0.25) is 0 Å². The highest BCUT2D eigenvalue weighted by atomic mass is 32.2. The van der Waals surface area contributed by atoms with Gasteiger partial charge >= 0.3 is 0 Å². The smallest absolute Gasteiger partial charge is 0.269 e. The summed E-state index contributed by atoms with van der Waals surface area (Å²) in [5.41, 5.74) is 5.36. The van der Waals surface area contributed by atoms with E-state index in [0.717, 1.165) is 22.3 Å². The molecule has 1 unspecified atom stereocenters. The Balaban J connectivity index is 1.72. The van der Waals surface area contributed by atoms with Crippen LogP contribution in [-0.4, -0.2) is 17.1 Å². The first-order chi connectivity index (χ1) is 16.4. The molecule has 4 rings (SSSR count). The van der Waals surface area contributed by atoms with Crippen molar-refractivity contribution in [3.8, 4) is 6.07 Å². The molecule has 3 aromatic rings. The molecule has 170 valence electrons. The number of aryl methyl sites for hydroxylation is 2. The van der Waals surface area contributed by atoms with Crippen molar-refractivity contribution >= 4 is 35.0 Å². The quantitative estimate of drug-likeness (QED) is 0.387. The largest absolute Gasteiger partial charge is 0.321 e. The number of carbonyl (C=O) groups excluding carboxylic acids is 2. The van der Waals surface area contributed by atoms with E-state index in [-0.39, 0.29) is 11.5 Å². The lowest BCUT2D eigenvalue weighted by Crippen LogP contribution is -2.30. The zero-order chi connectivity index (χ0) is 24.2. The molecule has 1 atom stereocenters. The molecule has 5 nitrogen and oxygen atoms in total. The van der Waals surface area contributed by atoms with E-state index in [2.05, 4.69) is 11.4 Å². The van der Waals surface area contributed by atoms with E-state index in [0.29, 0.717) is 22.8 Å². The van der Waals surface area contributed by atoms with Crippen LogP contribution in [0.25, 0.3) is 0 Å². The van der Waals surface area contributed by atoms with Gasteiger partial charge in [-0.1, -0.05) is 71.9 Å². The van der Waals surface area contributed by atoms with Crippen LogP contribution in [0.5, 0.6) is 0 Å². The molecule has 1 aliphatic heterocycles. The number of carbonyl (C=O) groups is 2. The second-order valence-electron chi connectivity index (χ2n) is 8.30. The van der Waals surface area contributed by atoms with Crippen LogP contribution in [0.1, 0.15) is 22.3 Å². The van der Waals surface area contributed by atoms with E-state index in [9.17, 15) is 14.9 Å². The summed E-state index contributed by atoms with van der Waals surface area (Å²) in [5.74, 6) is -0.664. The standard InChI is InChI=1S/C28H25N3O2S/c1-18-12-14-21(15-13-18)16-25-27(33)31(22-9-5-4-6-10-22)28(34-25)23(17-29)26(32)30-24-11-7-8-19(2)20(24)3/h4-15,25H,16H2,1-3H3,(H,30,32). The second kappa shape index (κ2) is 9.98. The van der Waals surface area contributed by atoms with Crippen LogP contribution < -0.4 is 10.2 Å². The summed E-state index contributed by atoms with van der Waals surface area (Å²) in [5, 5.41) is 12.8. The molecular weight excluding hydrogens is 442 g/mol. The molecule has 1 heterocycles. The van der Waals surface area contributed by atoms with Crippen molar-refractivity contribution in [3.05, 3.63) is 106 Å². The van der Waals surface area contributed by atoms with Crippen LogP contribution in [0.15, 0.2) is 83.4 Å². The molecule has 1 aliphatic rings. The van der Waals surface area contributed by atoms with Crippen molar-refractivity contribution in [2.24, 2.45) is 0 Å². The Labute approximate surface area is 204 Å². The number of para-hydroxylation sites is 1. The lowest BCUT2D eigenvalue weighted by Gasteiger charge is -2.19. The first-order valence-corrected chi connectivity index (χ1v) is 11.9. The fourth-order valence-corrected chi connectivity index (χ4v) is 5.12. The molecule has 0 radical (unpaired) electrons. The summed E-state index contributed by atoms with van der Waals surface area (Å²) < 4.78 is 0. The highest BCUT2D eigenvalue weighted by Crippen LogP contribution is 2.42. The Morgan fingerprint density at radius 3 is 2.38 bits per heavy atom. The number of hydrogen-bond donors (Lipinski definition) is 1. The SMILES string of the molecule is Cc1ccc(CC2SC(=C(C#N)C(=O)Nc3cccc(C)c3C)N(c3ccccc3)C2=O)cc1. The van der Waals surface area contributed by atoms with Crippen LogP contribution >= 0.6 is 11.8 Å². The molecule has 2 amide bonds. The summed E-state index contributed by atoms with van der Waals surface area (Å²) in [4.78, 5) is 28.3. The number of nitrogens with zero attached hydrogens (tertiary/aromatic N) is 2. The third-order valence-electron chi connectivity index (χ3n) is 5.91. The van der Waals surface area contributed by atoms with Crippen LogP contribution in [0.4, 0.5) is 11.4 Å². The van der Waals surface area contributed by atoms with Crippen molar-refractivity contribution in [2.45, 2.75) is 32.4 Å². The van der Waals surface area contributed by atoms with Gasteiger partial charge in [-0.2, -0.15) is 5.26 Å². The predicted octanol–water partition coefficient (Wildman–Crippen LogP) is 5.68. The van der Waals surface area contributed by atoms with E-state index < -0.39 is 11.2 Å². The molecule has 1 fully saturated rings. The Bertz CT molecular complexity index is 1310. The molecule has 1 saturated heterocycles. The normalized spacial score (nSPS) is 16.8. The van der Waals surface area contributed by atoms with Gasteiger partial charge in [0.1, 0.15) is 16.7 Å². The van der Waals surface area contributed by atoms with Gasteiger partial charge in [0.05, 0.1) is 5.25 Å². The van der Waals surface area contributed by atoms with Gasteiger partial charge in [-0.15, -0.1) is 0 Å². The summed E-state index contributed by atoms with van der Waals surface area (Å²) in [7, 11) is 0. The number of nitrogens with one attached hydrogen (secondary N) is 1. The van der Waals surface area contributed by atoms with Crippen LogP contribution in [0, 0.1) is 32.1 Å². The highest BCUT2D eigenvalue weighted by Gasteiger charge is 2.40. The molecule has 3 aromatic carbocycles. The number of thioether (sulfide) groups is 1. The second-order valence-corrected chi connectivity index (χ2v) is 9.49. The highest BCUT2D eigenvalue weighted by molar-refractivity contribution is 8.05. The number of hydrogen-bond acceptors (Lipinski definition) is 4. The molecule has 0 bridgehead atoms. The molecule has 34 heavy (non-hydrogen) atoms. The molecule has 0 aromatic heterocycles. The van der Waals surface area contributed by atoms with Gasteiger partial charge in [-0.3, -0.25) is 14.5 Å². The minimum atomic E-state index is -0.525. The summed E-state index contributed by atoms with van der Waals surface area (Å²) in [6.07, 6.45) is 0.508. The van der Waals surface area contributed by atoms with Gasteiger partial charge in [0, 0.05) is 11.4 Å². The van der Waals surface area contributed by atoms with Crippen molar-refractivity contribution < 1.29 is 9.59 Å². The van der Waals surface area contributed by atoms with E-state index in [1.807, 2.05) is 93.6 Å². The molecule has 6 heteroatoms. The van der Waals surface area contributed by atoms with Gasteiger partial charge in [-0.05, 0) is 62.1 Å². The summed E-state index contributed by atoms with van der Waals surface area (Å²) in [6.45, 7) is 5.91. The average Bonchev–Trinajstić information content (AvgIpc) is 3.15. The van der Waals surface area contributed by atoms with Gasteiger partial charge in [-0.25, -0.2) is 0 Å². The minimum absolute atomic E-state index is 0.0745. The van der Waals surface area contributed by atoms with Crippen molar-refractivity contribution in [2.75, 3.05) is 10.2 Å². The predicted molar refractivity (Wildman–Crippen MR) is 137 cm³/mol. The van der Waals surface area contributed by atoms with E-state index >= 15 is 0 Å².